The van der Waals surface area contributed by atoms with Gasteiger partial charge in [-0.25, -0.2) is 0 Å². The van der Waals surface area contributed by atoms with Crippen LogP contribution in [0.1, 0.15) is 22.8 Å². The second-order valence-electron chi connectivity index (χ2n) is 6.68. The van der Waals surface area contributed by atoms with Crippen LogP contribution < -0.4 is 10.6 Å². The first-order valence-electron chi connectivity index (χ1n) is 9.14. The van der Waals surface area contributed by atoms with Crippen molar-refractivity contribution in [1.29, 1.82) is 0 Å². The van der Waals surface area contributed by atoms with E-state index < -0.39 is 0 Å². The van der Waals surface area contributed by atoms with E-state index in [0.29, 0.717) is 24.4 Å². The van der Waals surface area contributed by atoms with Gasteiger partial charge in [0.05, 0.1) is 12.7 Å². The first kappa shape index (κ1) is 19.1. The molecule has 3 rings (SSSR count). The first-order chi connectivity index (χ1) is 13.1. The molecule has 2 aromatic carbocycles. The van der Waals surface area contributed by atoms with Crippen LogP contribution in [0.2, 0.25) is 0 Å². The molecule has 1 saturated heterocycles. The number of ether oxygens (including phenoxy) is 1. The Bertz CT molecular complexity index is 762. The molecule has 1 aliphatic rings. The normalized spacial score (nSPS) is 17.3. The van der Waals surface area contributed by atoms with E-state index in [1.165, 1.54) is 12.5 Å². The molecule has 0 spiro atoms. The molecule has 0 bridgehead atoms. The van der Waals surface area contributed by atoms with Crippen molar-refractivity contribution >= 4 is 17.5 Å². The van der Waals surface area contributed by atoms with Crippen molar-refractivity contribution in [2.24, 2.45) is 0 Å². The Kier molecular flexibility index (Phi) is 6.57. The van der Waals surface area contributed by atoms with Gasteiger partial charge in [-0.2, -0.15) is 0 Å². The van der Waals surface area contributed by atoms with Gasteiger partial charge in [0.25, 0.3) is 5.91 Å². The Hall–Kier alpha value is -2.70. The average Bonchev–Trinajstić information content (AvgIpc) is 2.67. The molecular weight excluding hydrogens is 342 g/mol. The van der Waals surface area contributed by atoms with Gasteiger partial charge in [0.15, 0.2) is 0 Å². The van der Waals surface area contributed by atoms with E-state index in [9.17, 15) is 9.59 Å². The van der Waals surface area contributed by atoms with E-state index in [1.54, 1.807) is 24.3 Å². The minimum atomic E-state index is -0.145. The predicted octanol–water partition coefficient (Wildman–Crippen LogP) is 2.28. The Morgan fingerprint density at radius 3 is 2.56 bits per heavy atom. The van der Waals surface area contributed by atoms with Gasteiger partial charge in [0.1, 0.15) is 0 Å². The predicted molar refractivity (Wildman–Crippen MR) is 105 cm³/mol. The molecule has 2 N–H and O–H groups in total. The summed E-state index contributed by atoms with van der Waals surface area (Å²) in [5, 5.41) is 5.62. The molecule has 1 unspecified atom stereocenters. The number of rotatable bonds is 6. The van der Waals surface area contributed by atoms with E-state index in [4.69, 9.17) is 4.74 Å². The van der Waals surface area contributed by atoms with Gasteiger partial charge in [-0.15, -0.1) is 0 Å². The van der Waals surface area contributed by atoms with Gasteiger partial charge in [-0.1, -0.05) is 30.3 Å². The molecule has 6 nitrogen and oxygen atoms in total. The van der Waals surface area contributed by atoms with Crippen LogP contribution in [0, 0.1) is 0 Å². The molecule has 1 heterocycles. The second-order valence-corrected chi connectivity index (χ2v) is 6.68. The van der Waals surface area contributed by atoms with Crippen LogP contribution in [0.4, 0.5) is 5.69 Å². The number of morpholine rings is 1. The van der Waals surface area contributed by atoms with Crippen molar-refractivity contribution in [1.82, 2.24) is 10.2 Å². The summed E-state index contributed by atoms with van der Waals surface area (Å²) in [5.74, 6) is -0.283. The average molecular weight is 367 g/mol. The van der Waals surface area contributed by atoms with Crippen LogP contribution in [-0.2, 0) is 16.1 Å². The van der Waals surface area contributed by atoms with Gasteiger partial charge >= 0.3 is 0 Å². The highest BCUT2D eigenvalue weighted by Crippen LogP contribution is 2.11. The Balaban J connectivity index is 1.47. The summed E-state index contributed by atoms with van der Waals surface area (Å²) in [6.07, 6.45) is -0.0231. The van der Waals surface area contributed by atoms with E-state index in [2.05, 4.69) is 27.7 Å². The van der Waals surface area contributed by atoms with Gasteiger partial charge in [-0.3, -0.25) is 14.5 Å². The molecule has 6 heteroatoms. The first-order valence-corrected chi connectivity index (χ1v) is 9.14. The highest BCUT2D eigenvalue weighted by Gasteiger charge is 2.21. The van der Waals surface area contributed by atoms with Gasteiger partial charge in [-0.05, 0) is 29.8 Å². The van der Waals surface area contributed by atoms with Crippen LogP contribution in [0.15, 0.2) is 54.6 Å². The summed E-state index contributed by atoms with van der Waals surface area (Å²) < 4.78 is 5.79. The van der Waals surface area contributed by atoms with Gasteiger partial charge in [0, 0.05) is 44.4 Å². The minimum Gasteiger partial charge on any atom is -0.374 e. The number of hydrogen-bond donors (Lipinski definition) is 2. The molecule has 1 atom stereocenters. The van der Waals surface area contributed by atoms with E-state index >= 15 is 0 Å². The number of nitrogens with one attached hydrogen (secondary N) is 2. The van der Waals surface area contributed by atoms with Crippen LogP contribution in [-0.4, -0.2) is 49.1 Å². The molecule has 142 valence electrons. The lowest BCUT2D eigenvalue weighted by Crippen LogP contribution is -2.47. The van der Waals surface area contributed by atoms with Crippen molar-refractivity contribution < 1.29 is 14.3 Å². The fourth-order valence-corrected chi connectivity index (χ4v) is 3.11. The molecule has 0 aliphatic carbocycles. The third kappa shape index (κ3) is 5.91. The molecule has 0 aromatic heterocycles. The Morgan fingerprint density at radius 2 is 1.85 bits per heavy atom. The zero-order valence-electron chi connectivity index (χ0n) is 15.5. The number of benzene rings is 2. The fourth-order valence-electron chi connectivity index (χ4n) is 3.11. The molecule has 2 aromatic rings. The van der Waals surface area contributed by atoms with Crippen LogP contribution in [0.25, 0.3) is 0 Å². The number of nitrogens with zero attached hydrogens (tertiary/aromatic N) is 1. The number of anilines is 1. The van der Waals surface area contributed by atoms with Crippen molar-refractivity contribution in [3.05, 3.63) is 65.7 Å². The monoisotopic (exact) mass is 367 g/mol. The maximum Gasteiger partial charge on any atom is 0.251 e. The fraction of sp³-hybridized carbons (Fsp3) is 0.333. The number of carbonyl (C=O) groups excluding carboxylic acids is 2. The number of amides is 2. The van der Waals surface area contributed by atoms with Crippen molar-refractivity contribution in [2.45, 2.75) is 19.6 Å². The minimum absolute atomic E-state index is 0.0231. The molecular formula is C21H25N3O3. The molecule has 0 radical (unpaired) electrons. The summed E-state index contributed by atoms with van der Waals surface area (Å²) in [6, 6.07) is 17.2. The molecule has 2 amide bonds. The largest absolute Gasteiger partial charge is 0.374 e. The van der Waals surface area contributed by atoms with E-state index in [-0.39, 0.29) is 17.9 Å². The summed E-state index contributed by atoms with van der Waals surface area (Å²) in [4.78, 5) is 25.7. The van der Waals surface area contributed by atoms with E-state index in [1.807, 2.05) is 18.2 Å². The van der Waals surface area contributed by atoms with Crippen molar-refractivity contribution in [2.75, 3.05) is 31.6 Å². The smallest absolute Gasteiger partial charge is 0.251 e. The second kappa shape index (κ2) is 9.30. The maximum absolute atomic E-state index is 12.3. The summed E-state index contributed by atoms with van der Waals surface area (Å²) in [6.45, 7) is 5.15. The van der Waals surface area contributed by atoms with E-state index in [0.717, 1.165) is 19.6 Å². The zero-order valence-corrected chi connectivity index (χ0v) is 15.5. The summed E-state index contributed by atoms with van der Waals surface area (Å²) >= 11 is 0. The molecule has 1 aliphatic heterocycles. The van der Waals surface area contributed by atoms with Crippen LogP contribution in [0.5, 0.6) is 0 Å². The number of carbonyl (C=O) groups is 2. The third-order valence-electron chi connectivity index (χ3n) is 4.43. The SMILES string of the molecule is CC(=O)Nc1ccc(C(=O)NCC2CN(Cc3ccccc3)CCO2)cc1. The van der Waals surface area contributed by atoms with Gasteiger partial charge in [0.2, 0.25) is 5.91 Å². The molecule has 1 fully saturated rings. The number of hydrogen-bond acceptors (Lipinski definition) is 4. The maximum atomic E-state index is 12.3. The molecule has 27 heavy (non-hydrogen) atoms. The lowest BCUT2D eigenvalue weighted by Gasteiger charge is -2.33. The molecule has 0 saturated carbocycles. The summed E-state index contributed by atoms with van der Waals surface area (Å²) in [7, 11) is 0. The van der Waals surface area contributed by atoms with Crippen LogP contribution in [0.3, 0.4) is 0 Å². The quantitative estimate of drug-likeness (QED) is 0.822. The standard InChI is InChI=1S/C21H25N3O3/c1-16(25)23-19-9-7-18(8-10-19)21(26)22-13-20-15-24(11-12-27-20)14-17-5-3-2-4-6-17/h2-10,20H,11-15H2,1H3,(H,22,26)(H,23,25). The Labute approximate surface area is 159 Å². The lowest BCUT2D eigenvalue weighted by molar-refractivity contribution is -0.114. The topological polar surface area (TPSA) is 70.7 Å². The van der Waals surface area contributed by atoms with Crippen molar-refractivity contribution in [3.8, 4) is 0 Å². The highest BCUT2D eigenvalue weighted by molar-refractivity contribution is 5.95. The lowest BCUT2D eigenvalue weighted by atomic mass is 10.1. The summed E-state index contributed by atoms with van der Waals surface area (Å²) in [5.41, 5.74) is 2.51. The Morgan fingerprint density at radius 1 is 1.11 bits per heavy atom. The van der Waals surface area contributed by atoms with Gasteiger partial charge < -0.3 is 15.4 Å². The van der Waals surface area contributed by atoms with Crippen LogP contribution >= 0.6 is 0 Å². The third-order valence-corrected chi connectivity index (χ3v) is 4.43. The van der Waals surface area contributed by atoms with Crippen molar-refractivity contribution in [3.63, 3.8) is 0 Å². The highest BCUT2D eigenvalue weighted by atomic mass is 16.5. The zero-order chi connectivity index (χ0) is 19.1.